The van der Waals surface area contributed by atoms with Gasteiger partial charge in [-0.15, -0.1) is 0 Å². The van der Waals surface area contributed by atoms with E-state index in [1.54, 1.807) is 13.3 Å². The van der Waals surface area contributed by atoms with Crippen molar-refractivity contribution in [3.05, 3.63) is 18.3 Å². The number of hydrogen-bond acceptors (Lipinski definition) is 4. The van der Waals surface area contributed by atoms with Crippen molar-refractivity contribution in [1.29, 1.82) is 0 Å². The first-order chi connectivity index (χ1) is 7.29. The van der Waals surface area contributed by atoms with E-state index in [1.807, 2.05) is 12.1 Å². The quantitative estimate of drug-likeness (QED) is 0.807. The molecular formula is C11H17N3O. The maximum Gasteiger partial charge on any atom is 0.128 e. The molecule has 0 aromatic carbocycles. The lowest BCUT2D eigenvalue weighted by molar-refractivity contribution is 0.161. The van der Waals surface area contributed by atoms with E-state index < -0.39 is 0 Å². The van der Waals surface area contributed by atoms with Gasteiger partial charge in [-0.25, -0.2) is 4.98 Å². The summed E-state index contributed by atoms with van der Waals surface area (Å²) in [5, 5.41) is 0. The molecule has 2 rings (SSSR count). The Labute approximate surface area is 90.0 Å². The van der Waals surface area contributed by atoms with E-state index in [-0.39, 0.29) is 0 Å². The number of nitrogen functional groups attached to an aromatic ring is 1. The SMILES string of the molecule is COCC1CCN(c2ccc(N)cn2)C1. The first kappa shape index (κ1) is 10.2. The van der Waals surface area contributed by atoms with Gasteiger partial charge in [-0.2, -0.15) is 0 Å². The van der Waals surface area contributed by atoms with Crippen LogP contribution in [-0.2, 0) is 4.74 Å². The average Bonchev–Trinajstić information content (AvgIpc) is 2.68. The second-order valence-electron chi connectivity index (χ2n) is 4.01. The predicted molar refractivity (Wildman–Crippen MR) is 60.8 cm³/mol. The highest BCUT2D eigenvalue weighted by Crippen LogP contribution is 2.22. The molecule has 0 bridgehead atoms. The highest BCUT2D eigenvalue weighted by molar-refractivity contribution is 5.46. The van der Waals surface area contributed by atoms with Crippen LogP contribution < -0.4 is 10.6 Å². The number of aromatic nitrogens is 1. The number of nitrogens with zero attached hydrogens (tertiary/aromatic N) is 2. The highest BCUT2D eigenvalue weighted by Gasteiger charge is 2.22. The third-order valence-corrected chi connectivity index (χ3v) is 2.78. The molecule has 1 aromatic heterocycles. The molecule has 1 fully saturated rings. The minimum Gasteiger partial charge on any atom is -0.397 e. The summed E-state index contributed by atoms with van der Waals surface area (Å²) < 4.78 is 5.16. The molecule has 2 N–H and O–H groups in total. The fourth-order valence-corrected chi connectivity index (χ4v) is 2.00. The molecule has 0 radical (unpaired) electrons. The number of pyridine rings is 1. The molecule has 2 heterocycles. The van der Waals surface area contributed by atoms with Crippen LogP contribution >= 0.6 is 0 Å². The Hall–Kier alpha value is -1.29. The molecule has 0 spiro atoms. The van der Waals surface area contributed by atoms with Crippen LogP contribution in [0.4, 0.5) is 11.5 Å². The summed E-state index contributed by atoms with van der Waals surface area (Å²) in [6.07, 6.45) is 2.89. The summed E-state index contributed by atoms with van der Waals surface area (Å²) in [5.41, 5.74) is 6.31. The Balaban J connectivity index is 1.98. The molecule has 15 heavy (non-hydrogen) atoms. The number of anilines is 2. The van der Waals surface area contributed by atoms with Crippen LogP contribution in [0.25, 0.3) is 0 Å². The van der Waals surface area contributed by atoms with Gasteiger partial charge < -0.3 is 15.4 Å². The third kappa shape index (κ3) is 2.39. The summed E-state index contributed by atoms with van der Waals surface area (Å²) in [5.74, 6) is 1.65. The second-order valence-corrected chi connectivity index (χ2v) is 4.01. The van der Waals surface area contributed by atoms with E-state index in [1.165, 1.54) is 6.42 Å². The Morgan fingerprint density at radius 1 is 1.60 bits per heavy atom. The van der Waals surface area contributed by atoms with Crippen LogP contribution in [0.15, 0.2) is 18.3 Å². The molecule has 1 aliphatic heterocycles. The zero-order valence-electron chi connectivity index (χ0n) is 9.02. The molecule has 1 aromatic rings. The van der Waals surface area contributed by atoms with Crippen LogP contribution in [0.1, 0.15) is 6.42 Å². The van der Waals surface area contributed by atoms with Gasteiger partial charge >= 0.3 is 0 Å². The van der Waals surface area contributed by atoms with Crippen LogP contribution in [0.2, 0.25) is 0 Å². The zero-order valence-corrected chi connectivity index (χ0v) is 9.02. The molecule has 1 saturated heterocycles. The van der Waals surface area contributed by atoms with E-state index in [9.17, 15) is 0 Å². The maximum atomic E-state index is 5.60. The molecule has 0 amide bonds. The fraction of sp³-hybridized carbons (Fsp3) is 0.545. The number of nitrogens with two attached hydrogens (primary N) is 1. The fourth-order valence-electron chi connectivity index (χ4n) is 2.00. The summed E-state index contributed by atoms with van der Waals surface area (Å²) in [6, 6.07) is 3.87. The van der Waals surface area contributed by atoms with Gasteiger partial charge in [-0.3, -0.25) is 0 Å². The number of ether oxygens (including phenoxy) is 1. The van der Waals surface area contributed by atoms with Gasteiger partial charge in [0.15, 0.2) is 0 Å². The molecule has 1 atom stereocenters. The van der Waals surface area contributed by atoms with Crippen LogP contribution in [-0.4, -0.2) is 31.8 Å². The Morgan fingerprint density at radius 3 is 3.13 bits per heavy atom. The van der Waals surface area contributed by atoms with Crippen LogP contribution in [0.5, 0.6) is 0 Å². The first-order valence-electron chi connectivity index (χ1n) is 5.25. The molecule has 4 nitrogen and oxygen atoms in total. The first-order valence-corrected chi connectivity index (χ1v) is 5.25. The van der Waals surface area contributed by atoms with Gasteiger partial charge in [0.1, 0.15) is 5.82 Å². The average molecular weight is 207 g/mol. The van der Waals surface area contributed by atoms with Crippen LogP contribution in [0, 0.1) is 5.92 Å². The van der Waals surface area contributed by atoms with E-state index in [2.05, 4.69) is 9.88 Å². The number of rotatable bonds is 3. The van der Waals surface area contributed by atoms with E-state index >= 15 is 0 Å². The van der Waals surface area contributed by atoms with Crippen molar-refractivity contribution in [2.24, 2.45) is 5.92 Å². The van der Waals surface area contributed by atoms with Gasteiger partial charge in [0.05, 0.1) is 18.5 Å². The topological polar surface area (TPSA) is 51.4 Å². The lowest BCUT2D eigenvalue weighted by atomic mass is 10.1. The van der Waals surface area contributed by atoms with Gasteiger partial charge in [-0.05, 0) is 18.6 Å². The lowest BCUT2D eigenvalue weighted by Gasteiger charge is -2.17. The number of hydrogen-bond donors (Lipinski definition) is 1. The molecule has 0 aliphatic carbocycles. The molecule has 1 aliphatic rings. The monoisotopic (exact) mass is 207 g/mol. The normalized spacial score (nSPS) is 20.9. The van der Waals surface area contributed by atoms with Crippen molar-refractivity contribution >= 4 is 11.5 Å². The Bertz CT molecular complexity index is 312. The maximum absolute atomic E-state index is 5.60. The Kier molecular flexibility index (Phi) is 3.06. The van der Waals surface area contributed by atoms with Crippen molar-refractivity contribution in [1.82, 2.24) is 4.98 Å². The minimum atomic E-state index is 0.634. The third-order valence-electron chi connectivity index (χ3n) is 2.78. The van der Waals surface area contributed by atoms with Gasteiger partial charge in [0.2, 0.25) is 0 Å². The molecule has 82 valence electrons. The summed E-state index contributed by atoms with van der Waals surface area (Å²) in [6.45, 7) is 2.93. The van der Waals surface area contributed by atoms with E-state index in [4.69, 9.17) is 10.5 Å². The molecule has 1 unspecified atom stereocenters. The molecular weight excluding hydrogens is 190 g/mol. The largest absolute Gasteiger partial charge is 0.397 e. The van der Waals surface area contributed by atoms with E-state index in [0.717, 1.165) is 25.5 Å². The Morgan fingerprint density at radius 2 is 2.47 bits per heavy atom. The van der Waals surface area contributed by atoms with Crippen molar-refractivity contribution in [3.63, 3.8) is 0 Å². The molecule has 4 heteroatoms. The molecule has 0 saturated carbocycles. The second kappa shape index (κ2) is 4.49. The lowest BCUT2D eigenvalue weighted by Crippen LogP contribution is -2.21. The number of methoxy groups -OCH3 is 1. The van der Waals surface area contributed by atoms with Crippen LogP contribution in [0.3, 0.4) is 0 Å². The summed E-state index contributed by atoms with van der Waals surface area (Å²) >= 11 is 0. The highest BCUT2D eigenvalue weighted by atomic mass is 16.5. The van der Waals surface area contributed by atoms with Crippen molar-refractivity contribution in [3.8, 4) is 0 Å². The van der Waals surface area contributed by atoms with Gasteiger partial charge in [0.25, 0.3) is 0 Å². The van der Waals surface area contributed by atoms with Gasteiger partial charge in [0, 0.05) is 26.1 Å². The zero-order chi connectivity index (χ0) is 10.7. The van der Waals surface area contributed by atoms with Crippen molar-refractivity contribution in [2.45, 2.75) is 6.42 Å². The smallest absolute Gasteiger partial charge is 0.128 e. The van der Waals surface area contributed by atoms with Crippen molar-refractivity contribution < 1.29 is 4.74 Å². The predicted octanol–water partition coefficient (Wildman–Crippen LogP) is 1.14. The standard InChI is InChI=1S/C11H17N3O/c1-15-8-9-4-5-14(7-9)11-3-2-10(12)6-13-11/h2-3,6,9H,4-5,7-8,12H2,1H3. The van der Waals surface area contributed by atoms with Crippen molar-refractivity contribution in [2.75, 3.05) is 37.4 Å². The minimum absolute atomic E-state index is 0.634. The summed E-state index contributed by atoms with van der Waals surface area (Å²) in [7, 11) is 1.75. The van der Waals surface area contributed by atoms with Gasteiger partial charge in [-0.1, -0.05) is 0 Å². The van der Waals surface area contributed by atoms with E-state index in [0.29, 0.717) is 11.6 Å². The summed E-state index contributed by atoms with van der Waals surface area (Å²) in [4.78, 5) is 6.60.